The molecule has 0 amide bonds. The summed E-state index contributed by atoms with van der Waals surface area (Å²) in [4.78, 5) is 2.29. The number of rotatable bonds is 2. The lowest BCUT2D eigenvalue weighted by atomic mass is 10.1. The van der Waals surface area contributed by atoms with E-state index in [1.54, 1.807) is 0 Å². The van der Waals surface area contributed by atoms with E-state index in [-0.39, 0.29) is 5.75 Å². The molecule has 0 aromatic heterocycles. The molecule has 0 fully saturated rings. The molecule has 0 aliphatic carbocycles. The summed E-state index contributed by atoms with van der Waals surface area (Å²) in [6.07, 6.45) is 1.70. The predicted octanol–water partition coefficient (Wildman–Crippen LogP) is 2.44. The molecule has 0 bridgehead atoms. The highest BCUT2D eigenvalue weighted by Crippen LogP contribution is 2.30. The zero-order valence-electron chi connectivity index (χ0n) is 10.9. The van der Waals surface area contributed by atoms with Crippen molar-refractivity contribution in [3.8, 4) is 0 Å². The molecule has 18 heavy (non-hydrogen) atoms. The summed E-state index contributed by atoms with van der Waals surface area (Å²) in [6.45, 7) is 5.11. The molecule has 2 rings (SSSR count). The Balaban J connectivity index is 2.43. The van der Waals surface area contributed by atoms with Crippen LogP contribution in [0.15, 0.2) is 24.3 Å². The molecule has 1 aliphatic rings. The Hall–Kier alpha value is -1.23. The number of anilines is 2. The van der Waals surface area contributed by atoms with Crippen LogP contribution in [0.5, 0.6) is 0 Å². The van der Waals surface area contributed by atoms with Crippen LogP contribution in [0, 0.1) is 0 Å². The van der Waals surface area contributed by atoms with Crippen LogP contribution in [0.25, 0.3) is 0 Å². The monoisotopic (exact) mass is 268 g/mol. The van der Waals surface area contributed by atoms with Crippen molar-refractivity contribution in [1.29, 1.82) is 0 Å². The van der Waals surface area contributed by atoms with Crippen molar-refractivity contribution in [3.05, 3.63) is 24.3 Å². The highest BCUT2D eigenvalue weighted by molar-refractivity contribution is 7.92. The van der Waals surface area contributed by atoms with Crippen molar-refractivity contribution >= 4 is 21.4 Å². The maximum atomic E-state index is 11.8. The van der Waals surface area contributed by atoms with Gasteiger partial charge in [-0.25, -0.2) is 8.42 Å². The average Bonchev–Trinajstić information content (AvgIpc) is 2.32. The summed E-state index contributed by atoms with van der Waals surface area (Å²) in [5, 5.41) is 0. The minimum Gasteiger partial charge on any atom is -0.367 e. The highest BCUT2D eigenvalue weighted by Gasteiger charge is 2.22. The first-order valence-electron chi connectivity index (χ1n) is 6.39. The van der Waals surface area contributed by atoms with E-state index in [0.29, 0.717) is 18.2 Å². The largest absolute Gasteiger partial charge is 0.367 e. The summed E-state index contributed by atoms with van der Waals surface area (Å²) in [5.41, 5.74) is 1.67. The van der Waals surface area contributed by atoms with Gasteiger partial charge in [-0.15, -0.1) is 0 Å². The van der Waals surface area contributed by atoms with E-state index < -0.39 is 10.0 Å². The molecule has 4 nitrogen and oxygen atoms in total. The lowest BCUT2D eigenvalue weighted by molar-refractivity contribution is 0.584. The lowest BCUT2D eigenvalue weighted by Crippen LogP contribution is -2.37. The summed E-state index contributed by atoms with van der Waals surface area (Å²) in [5.74, 6) is 0.189. The third-order valence-electron chi connectivity index (χ3n) is 3.41. The van der Waals surface area contributed by atoms with E-state index in [0.717, 1.165) is 18.7 Å². The molecule has 1 heterocycles. The average molecular weight is 268 g/mol. The first-order chi connectivity index (χ1) is 8.53. The first kappa shape index (κ1) is 13.2. The van der Waals surface area contributed by atoms with Gasteiger partial charge in [0, 0.05) is 12.6 Å². The van der Waals surface area contributed by atoms with E-state index >= 15 is 0 Å². The molecule has 1 atom stereocenters. The molecule has 1 aromatic rings. The lowest BCUT2D eigenvalue weighted by Gasteiger charge is -2.34. The smallest absolute Gasteiger partial charge is 0.232 e. The van der Waals surface area contributed by atoms with E-state index in [9.17, 15) is 8.42 Å². The number of fused-ring (bicyclic) bond motifs is 1. The van der Waals surface area contributed by atoms with Crippen molar-refractivity contribution in [2.24, 2.45) is 0 Å². The zero-order valence-corrected chi connectivity index (χ0v) is 11.7. The number of nitrogens with zero attached hydrogens (tertiary/aromatic N) is 1. The van der Waals surface area contributed by atoms with Crippen LogP contribution in [-0.4, -0.2) is 26.8 Å². The van der Waals surface area contributed by atoms with Crippen LogP contribution in [0.1, 0.15) is 26.7 Å². The van der Waals surface area contributed by atoms with Gasteiger partial charge in [0.1, 0.15) is 0 Å². The molecule has 100 valence electrons. The Bertz CT molecular complexity index is 513. The van der Waals surface area contributed by atoms with Crippen LogP contribution in [0.4, 0.5) is 11.4 Å². The molecule has 0 saturated carbocycles. The van der Waals surface area contributed by atoms with Crippen molar-refractivity contribution in [2.45, 2.75) is 32.7 Å². The summed E-state index contributed by atoms with van der Waals surface area (Å²) < 4.78 is 26.3. The van der Waals surface area contributed by atoms with E-state index in [1.807, 2.05) is 24.3 Å². The fourth-order valence-electron chi connectivity index (χ4n) is 2.25. The second-order valence-electron chi connectivity index (χ2n) is 4.74. The maximum Gasteiger partial charge on any atom is 0.232 e. The van der Waals surface area contributed by atoms with E-state index in [4.69, 9.17) is 0 Å². The van der Waals surface area contributed by atoms with Crippen molar-refractivity contribution in [1.82, 2.24) is 0 Å². The second-order valence-corrected chi connectivity index (χ2v) is 6.58. The van der Waals surface area contributed by atoms with Gasteiger partial charge >= 0.3 is 0 Å². The van der Waals surface area contributed by atoms with Crippen molar-refractivity contribution < 1.29 is 8.42 Å². The molecule has 1 aromatic carbocycles. The second kappa shape index (κ2) is 5.18. The Kier molecular flexibility index (Phi) is 3.80. The van der Waals surface area contributed by atoms with Gasteiger partial charge in [0.15, 0.2) is 0 Å². The molecular formula is C13H20N2O2S. The molecule has 0 spiro atoms. The van der Waals surface area contributed by atoms with Gasteiger partial charge < -0.3 is 4.90 Å². The van der Waals surface area contributed by atoms with Gasteiger partial charge in [-0.1, -0.05) is 19.1 Å². The Morgan fingerprint density at radius 2 is 2.11 bits per heavy atom. The van der Waals surface area contributed by atoms with Gasteiger partial charge in [-0.2, -0.15) is 0 Å². The summed E-state index contributed by atoms with van der Waals surface area (Å²) >= 11 is 0. The molecule has 1 aliphatic heterocycles. The molecular weight excluding hydrogens is 248 g/mol. The molecule has 5 heteroatoms. The number of nitrogens with one attached hydrogen (secondary N) is 1. The first-order valence-corrected chi connectivity index (χ1v) is 8.05. The zero-order chi connectivity index (χ0) is 13.2. The fraction of sp³-hybridized carbons (Fsp3) is 0.538. The molecule has 0 radical (unpaired) electrons. The topological polar surface area (TPSA) is 49.4 Å². The Labute approximate surface area is 109 Å². The van der Waals surface area contributed by atoms with Crippen LogP contribution < -0.4 is 9.62 Å². The molecule has 1 N–H and O–H groups in total. The van der Waals surface area contributed by atoms with Gasteiger partial charge in [0.05, 0.1) is 17.1 Å². The maximum absolute atomic E-state index is 11.8. The van der Waals surface area contributed by atoms with E-state index in [1.165, 1.54) is 0 Å². The highest BCUT2D eigenvalue weighted by atomic mass is 32.2. The number of hydrogen-bond donors (Lipinski definition) is 1. The summed E-state index contributed by atoms with van der Waals surface area (Å²) in [6, 6.07) is 8.03. The number of para-hydroxylation sites is 2. The van der Waals surface area contributed by atoms with Crippen LogP contribution >= 0.6 is 0 Å². The SMILES string of the molecule is CCC(C)N1CCCS(=O)(=O)Nc2ccccc21. The predicted molar refractivity (Wildman–Crippen MR) is 75.6 cm³/mol. The number of benzene rings is 1. The molecule has 1 unspecified atom stereocenters. The third kappa shape index (κ3) is 2.77. The minimum atomic E-state index is -3.19. The van der Waals surface area contributed by atoms with Crippen LogP contribution in [0.3, 0.4) is 0 Å². The number of sulfonamides is 1. The fourth-order valence-corrected chi connectivity index (χ4v) is 3.37. The van der Waals surface area contributed by atoms with Gasteiger partial charge in [0.2, 0.25) is 10.0 Å². The van der Waals surface area contributed by atoms with Crippen molar-refractivity contribution in [3.63, 3.8) is 0 Å². The summed E-state index contributed by atoms with van der Waals surface area (Å²) in [7, 11) is -3.19. The Morgan fingerprint density at radius 1 is 1.39 bits per heavy atom. The van der Waals surface area contributed by atoms with Crippen LogP contribution in [-0.2, 0) is 10.0 Å². The minimum absolute atomic E-state index is 0.189. The quantitative estimate of drug-likeness (QED) is 0.896. The van der Waals surface area contributed by atoms with Crippen LogP contribution in [0.2, 0.25) is 0 Å². The van der Waals surface area contributed by atoms with Gasteiger partial charge in [-0.05, 0) is 31.9 Å². The third-order valence-corrected chi connectivity index (χ3v) is 4.77. The van der Waals surface area contributed by atoms with Crippen molar-refractivity contribution in [2.75, 3.05) is 21.9 Å². The Morgan fingerprint density at radius 3 is 2.83 bits per heavy atom. The molecule has 0 saturated heterocycles. The van der Waals surface area contributed by atoms with E-state index in [2.05, 4.69) is 23.5 Å². The van der Waals surface area contributed by atoms with Gasteiger partial charge in [0.25, 0.3) is 0 Å². The number of hydrogen-bond acceptors (Lipinski definition) is 3. The normalized spacial score (nSPS) is 20.2. The van der Waals surface area contributed by atoms with Gasteiger partial charge in [-0.3, -0.25) is 4.72 Å². The standard InChI is InChI=1S/C13H20N2O2S/c1-3-11(2)15-9-6-10-18(16,17)14-12-7-4-5-8-13(12)15/h4-5,7-8,11,14H,3,6,9-10H2,1-2H3.